The Bertz CT molecular complexity index is 262. The lowest BCUT2D eigenvalue weighted by Gasteiger charge is -2.26. The second kappa shape index (κ2) is 9.35. The fraction of sp³-hybridized carbons (Fsp3) is 0.938. The van der Waals surface area contributed by atoms with E-state index in [2.05, 4.69) is 6.92 Å². The van der Waals surface area contributed by atoms with Crippen molar-refractivity contribution in [1.82, 2.24) is 0 Å². The lowest BCUT2D eigenvalue weighted by molar-refractivity contribution is -0.180. The van der Waals surface area contributed by atoms with Gasteiger partial charge in [-0.2, -0.15) is 0 Å². The van der Waals surface area contributed by atoms with Gasteiger partial charge in [-0.05, 0) is 32.1 Å². The van der Waals surface area contributed by atoms with E-state index in [1.807, 2.05) is 13.8 Å². The van der Waals surface area contributed by atoms with Gasteiger partial charge in [0.05, 0.1) is 5.41 Å². The highest BCUT2D eigenvalue weighted by atomic mass is 16.5. The molecule has 1 rings (SSSR count). The zero-order valence-corrected chi connectivity index (χ0v) is 13.3. The number of hydrogen-bond donors (Lipinski definition) is 3. The topological polar surface area (TPSA) is 77.8 Å². The third kappa shape index (κ3) is 6.71. The first-order chi connectivity index (χ1) is 9.33. The van der Waals surface area contributed by atoms with Crippen LogP contribution in [0.1, 0.15) is 85.0 Å². The Morgan fingerprint density at radius 3 is 1.80 bits per heavy atom. The average Bonchev–Trinajstić information content (AvgIpc) is 2.40. The van der Waals surface area contributed by atoms with Crippen LogP contribution in [0.2, 0.25) is 0 Å². The first-order valence-electron chi connectivity index (χ1n) is 8.01. The number of carboxylic acids is 1. The Morgan fingerprint density at radius 2 is 1.55 bits per heavy atom. The number of hydrogen-bond acceptors (Lipinski definition) is 3. The van der Waals surface area contributed by atoms with E-state index in [1.165, 1.54) is 0 Å². The minimum absolute atomic E-state index is 0.448. The minimum Gasteiger partial charge on any atom is -0.481 e. The van der Waals surface area contributed by atoms with Gasteiger partial charge in [0.15, 0.2) is 5.79 Å². The first-order valence-corrected chi connectivity index (χ1v) is 8.01. The summed E-state index contributed by atoms with van der Waals surface area (Å²) in [5.74, 6) is -1.95. The molecule has 4 heteroatoms. The Hall–Kier alpha value is -0.610. The second-order valence-corrected chi connectivity index (χ2v) is 5.94. The number of aliphatic carboxylic acids is 1. The van der Waals surface area contributed by atoms with Crippen LogP contribution >= 0.6 is 0 Å². The molecule has 0 saturated heterocycles. The highest BCUT2D eigenvalue weighted by Gasteiger charge is 2.33. The van der Waals surface area contributed by atoms with Crippen LogP contribution in [0.4, 0.5) is 0 Å². The van der Waals surface area contributed by atoms with Crippen LogP contribution in [0.3, 0.4) is 0 Å². The van der Waals surface area contributed by atoms with Gasteiger partial charge in [-0.15, -0.1) is 0 Å². The standard InChI is InChI=1S/C10H20O2.C6H12O2/c1-4-7-8-10(5-2,6-3)9(11)12;7-6(8)4-2-1-3-5-6/h4-8H2,1-3H3,(H,11,12);7-8H,1-5H2. The lowest BCUT2D eigenvalue weighted by Crippen LogP contribution is -2.30. The summed E-state index contributed by atoms with van der Waals surface area (Å²) in [6.45, 7) is 6.03. The SMILES string of the molecule is CCCCC(CC)(CC)C(=O)O.OC1(O)CCCCC1. The van der Waals surface area contributed by atoms with E-state index >= 15 is 0 Å². The average molecular weight is 288 g/mol. The smallest absolute Gasteiger partial charge is 0.309 e. The molecular formula is C16H32O4. The fourth-order valence-corrected chi connectivity index (χ4v) is 2.65. The maximum absolute atomic E-state index is 11.0. The molecule has 3 N–H and O–H groups in total. The van der Waals surface area contributed by atoms with E-state index in [4.69, 9.17) is 15.3 Å². The van der Waals surface area contributed by atoms with Crippen LogP contribution in [-0.4, -0.2) is 27.1 Å². The predicted octanol–water partition coefficient (Wildman–Crippen LogP) is 3.70. The number of unbranched alkanes of at least 4 members (excludes halogenated alkanes) is 1. The molecule has 0 atom stereocenters. The molecular weight excluding hydrogens is 256 g/mol. The molecule has 0 spiro atoms. The molecule has 0 unspecified atom stereocenters. The summed E-state index contributed by atoms with van der Waals surface area (Å²) >= 11 is 0. The molecule has 20 heavy (non-hydrogen) atoms. The van der Waals surface area contributed by atoms with Crippen LogP contribution in [0.15, 0.2) is 0 Å². The molecule has 1 fully saturated rings. The highest BCUT2D eigenvalue weighted by molar-refractivity contribution is 5.74. The van der Waals surface area contributed by atoms with Gasteiger partial charge in [-0.1, -0.05) is 40.0 Å². The van der Waals surface area contributed by atoms with E-state index in [0.717, 1.165) is 51.4 Å². The van der Waals surface area contributed by atoms with Gasteiger partial charge >= 0.3 is 5.97 Å². The molecule has 0 heterocycles. The van der Waals surface area contributed by atoms with Crippen molar-refractivity contribution in [2.45, 2.75) is 90.8 Å². The quantitative estimate of drug-likeness (QED) is 0.651. The molecule has 0 aliphatic heterocycles. The Balaban J connectivity index is 0.000000388. The van der Waals surface area contributed by atoms with Gasteiger partial charge in [0.25, 0.3) is 0 Å². The van der Waals surface area contributed by atoms with Crippen LogP contribution < -0.4 is 0 Å². The molecule has 0 aromatic carbocycles. The van der Waals surface area contributed by atoms with E-state index in [9.17, 15) is 4.79 Å². The molecule has 1 saturated carbocycles. The molecule has 1 aliphatic rings. The summed E-state index contributed by atoms with van der Waals surface area (Å²) in [7, 11) is 0. The molecule has 4 nitrogen and oxygen atoms in total. The van der Waals surface area contributed by atoms with Crippen molar-refractivity contribution in [3.63, 3.8) is 0 Å². The monoisotopic (exact) mass is 288 g/mol. The molecule has 0 radical (unpaired) electrons. The Kier molecular flexibility index (Phi) is 9.06. The van der Waals surface area contributed by atoms with Gasteiger partial charge in [0.1, 0.15) is 0 Å². The van der Waals surface area contributed by atoms with Crippen molar-refractivity contribution in [2.75, 3.05) is 0 Å². The maximum Gasteiger partial charge on any atom is 0.309 e. The van der Waals surface area contributed by atoms with Crippen LogP contribution in [0.5, 0.6) is 0 Å². The number of carboxylic acid groups (broad SMARTS) is 1. The predicted molar refractivity (Wildman–Crippen MR) is 80.4 cm³/mol. The first kappa shape index (κ1) is 19.4. The summed E-state index contributed by atoms with van der Waals surface area (Å²) in [6, 6.07) is 0. The normalized spacial score (nSPS) is 18.1. The Labute approximate surface area is 123 Å². The summed E-state index contributed by atoms with van der Waals surface area (Å²) in [4.78, 5) is 11.0. The molecule has 0 bridgehead atoms. The van der Waals surface area contributed by atoms with Gasteiger partial charge in [0.2, 0.25) is 0 Å². The van der Waals surface area contributed by atoms with Crippen molar-refractivity contribution in [2.24, 2.45) is 5.41 Å². The van der Waals surface area contributed by atoms with Gasteiger partial charge in [0, 0.05) is 12.8 Å². The lowest BCUT2D eigenvalue weighted by atomic mass is 9.78. The zero-order valence-electron chi connectivity index (χ0n) is 13.3. The van der Waals surface area contributed by atoms with Gasteiger partial charge in [-0.3, -0.25) is 4.79 Å². The largest absolute Gasteiger partial charge is 0.481 e. The van der Waals surface area contributed by atoms with Crippen LogP contribution in [0, 0.1) is 5.41 Å². The maximum atomic E-state index is 11.0. The fourth-order valence-electron chi connectivity index (χ4n) is 2.65. The number of carbonyl (C=O) groups is 1. The van der Waals surface area contributed by atoms with E-state index in [-0.39, 0.29) is 0 Å². The van der Waals surface area contributed by atoms with Crippen molar-refractivity contribution < 1.29 is 20.1 Å². The zero-order chi connectivity index (χ0) is 15.6. The number of aliphatic hydroxyl groups is 2. The van der Waals surface area contributed by atoms with Crippen molar-refractivity contribution in [3.8, 4) is 0 Å². The summed E-state index contributed by atoms with van der Waals surface area (Å²) < 4.78 is 0. The van der Waals surface area contributed by atoms with Crippen molar-refractivity contribution >= 4 is 5.97 Å². The van der Waals surface area contributed by atoms with Crippen molar-refractivity contribution in [1.29, 1.82) is 0 Å². The third-order valence-corrected chi connectivity index (χ3v) is 4.47. The summed E-state index contributed by atoms with van der Waals surface area (Å²) in [6.07, 6.45) is 8.63. The molecule has 1 aliphatic carbocycles. The minimum atomic E-state index is -1.32. The second-order valence-electron chi connectivity index (χ2n) is 5.94. The summed E-state index contributed by atoms with van der Waals surface area (Å²) in [5, 5.41) is 26.9. The highest BCUT2D eigenvalue weighted by Crippen LogP contribution is 2.32. The third-order valence-electron chi connectivity index (χ3n) is 4.47. The van der Waals surface area contributed by atoms with E-state index < -0.39 is 17.2 Å². The molecule has 0 amide bonds. The van der Waals surface area contributed by atoms with Gasteiger partial charge in [-0.25, -0.2) is 0 Å². The van der Waals surface area contributed by atoms with Crippen LogP contribution in [-0.2, 0) is 4.79 Å². The molecule has 0 aromatic heterocycles. The number of rotatable bonds is 6. The van der Waals surface area contributed by atoms with Crippen LogP contribution in [0.25, 0.3) is 0 Å². The Morgan fingerprint density at radius 1 is 1.05 bits per heavy atom. The molecule has 0 aromatic rings. The van der Waals surface area contributed by atoms with Gasteiger partial charge < -0.3 is 15.3 Å². The molecule has 120 valence electrons. The van der Waals surface area contributed by atoms with E-state index in [0.29, 0.717) is 12.8 Å². The van der Waals surface area contributed by atoms with E-state index in [1.54, 1.807) is 0 Å². The van der Waals surface area contributed by atoms with Crippen molar-refractivity contribution in [3.05, 3.63) is 0 Å². The summed E-state index contributed by atoms with van der Waals surface area (Å²) in [5.41, 5.74) is -0.448.